The van der Waals surface area contributed by atoms with Crippen LogP contribution in [0.1, 0.15) is 57.7 Å². The van der Waals surface area contributed by atoms with E-state index in [4.69, 9.17) is 9.47 Å². The molecule has 7 heteroatoms. The van der Waals surface area contributed by atoms with Gasteiger partial charge in [-0.25, -0.2) is 9.59 Å². The summed E-state index contributed by atoms with van der Waals surface area (Å²) in [4.78, 5) is 26.5. The molecular formula is C21H33N3O4. The molecule has 1 aliphatic rings. The molecule has 2 rings (SSSR count). The third-order valence-corrected chi connectivity index (χ3v) is 4.62. The van der Waals surface area contributed by atoms with E-state index < -0.39 is 11.7 Å². The summed E-state index contributed by atoms with van der Waals surface area (Å²) in [6.07, 6.45) is 1.21. The van der Waals surface area contributed by atoms with Crippen molar-refractivity contribution in [1.82, 2.24) is 15.5 Å². The quantitative estimate of drug-likeness (QED) is 0.819. The topological polar surface area (TPSA) is 79.9 Å². The molecule has 1 aromatic carbocycles. The molecule has 0 radical (unpaired) electrons. The molecule has 2 atom stereocenters. The minimum atomic E-state index is -0.544. The summed E-state index contributed by atoms with van der Waals surface area (Å²) in [7, 11) is 1.63. The molecule has 0 spiro atoms. The number of hydrogen-bond acceptors (Lipinski definition) is 4. The van der Waals surface area contributed by atoms with Crippen LogP contribution in [0.3, 0.4) is 0 Å². The maximum Gasteiger partial charge on any atom is 0.407 e. The van der Waals surface area contributed by atoms with Gasteiger partial charge in [-0.3, -0.25) is 0 Å². The van der Waals surface area contributed by atoms with E-state index in [0.717, 1.165) is 29.7 Å². The fourth-order valence-electron chi connectivity index (χ4n) is 3.30. The lowest BCUT2D eigenvalue weighted by Gasteiger charge is -2.34. The summed E-state index contributed by atoms with van der Waals surface area (Å²) in [6, 6.07) is 5.46. The van der Waals surface area contributed by atoms with E-state index in [0.29, 0.717) is 13.1 Å². The third kappa shape index (κ3) is 6.32. The van der Waals surface area contributed by atoms with Crippen molar-refractivity contribution in [2.45, 2.75) is 65.1 Å². The number of aryl methyl sites for hydroxylation is 1. The highest BCUT2D eigenvalue weighted by molar-refractivity contribution is 5.75. The standard InChI is InChI=1S/C21H33N3O4/c1-14-9-10-18(27-6)17(12-14)15(2)22-19(25)24-11-7-8-16(13-24)23-20(26)28-21(3,4)5/h9-10,12,15-16H,7-8,11,13H2,1-6H3,(H,22,25)(H,23,26). The maximum atomic E-state index is 12.8. The first-order valence-electron chi connectivity index (χ1n) is 9.78. The molecule has 1 fully saturated rings. The number of benzene rings is 1. The van der Waals surface area contributed by atoms with Crippen LogP contribution in [-0.4, -0.2) is 48.9 Å². The lowest BCUT2D eigenvalue weighted by molar-refractivity contribution is 0.0479. The number of carbonyl (C=O) groups excluding carboxylic acids is 2. The Morgan fingerprint density at radius 2 is 2.00 bits per heavy atom. The van der Waals surface area contributed by atoms with Gasteiger partial charge in [0.25, 0.3) is 0 Å². The Morgan fingerprint density at radius 1 is 1.29 bits per heavy atom. The van der Waals surface area contributed by atoms with E-state index in [2.05, 4.69) is 10.6 Å². The van der Waals surface area contributed by atoms with Crippen molar-refractivity contribution in [3.63, 3.8) is 0 Å². The smallest absolute Gasteiger partial charge is 0.407 e. The van der Waals surface area contributed by atoms with Gasteiger partial charge in [0.15, 0.2) is 0 Å². The average Bonchev–Trinajstić information content (AvgIpc) is 2.60. The zero-order valence-electron chi connectivity index (χ0n) is 17.8. The number of carbonyl (C=O) groups is 2. The van der Waals surface area contributed by atoms with Crippen LogP contribution in [0.2, 0.25) is 0 Å². The number of methoxy groups -OCH3 is 1. The molecule has 1 saturated heterocycles. The van der Waals surface area contributed by atoms with Crippen LogP contribution < -0.4 is 15.4 Å². The largest absolute Gasteiger partial charge is 0.496 e. The third-order valence-electron chi connectivity index (χ3n) is 4.62. The second kappa shape index (κ2) is 9.17. The number of urea groups is 1. The Hall–Kier alpha value is -2.44. The molecule has 1 heterocycles. The maximum absolute atomic E-state index is 12.8. The number of rotatable bonds is 4. The normalized spacial score (nSPS) is 18.2. The van der Waals surface area contributed by atoms with Gasteiger partial charge in [-0.15, -0.1) is 0 Å². The first-order valence-corrected chi connectivity index (χ1v) is 9.78. The number of ether oxygens (including phenoxy) is 2. The van der Waals surface area contributed by atoms with Crippen LogP contribution >= 0.6 is 0 Å². The highest BCUT2D eigenvalue weighted by atomic mass is 16.6. The molecule has 2 N–H and O–H groups in total. The molecule has 3 amide bonds. The van der Waals surface area contributed by atoms with Gasteiger partial charge in [0.2, 0.25) is 0 Å². The van der Waals surface area contributed by atoms with Crippen molar-refractivity contribution in [2.75, 3.05) is 20.2 Å². The predicted octanol–water partition coefficient (Wildman–Crippen LogP) is 3.76. The van der Waals surface area contributed by atoms with Crippen molar-refractivity contribution in [3.8, 4) is 5.75 Å². The molecule has 0 aliphatic carbocycles. The first kappa shape index (κ1) is 21.9. The van der Waals surface area contributed by atoms with Crippen LogP contribution in [0.5, 0.6) is 5.75 Å². The van der Waals surface area contributed by atoms with Crippen LogP contribution in [0, 0.1) is 6.92 Å². The van der Waals surface area contributed by atoms with Crippen LogP contribution in [0.25, 0.3) is 0 Å². The molecule has 0 bridgehead atoms. The molecule has 0 saturated carbocycles. The van der Waals surface area contributed by atoms with Gasteiger partial charge in [0.1, 0.15) is 11.4 Å². The lowest BCUT2D eigenvalue weighted by atomic mass is 10.0. The summed E-state index contributed by atoms with van der Waals surface area (Å²) < 4.78 is 10.7. The number of hydrogen-bond donors (Lipinski definition) is 2. The first-order chi connectivity index (χ1) is 13.1. The summed E-state index contributed by atoms with van der Waals surface area (Å²) in [6.45, 7) is 10.6. The minimum absolute atomic E-state index is 0.113. The summed E-state index contributed by atoms with van der Waals surface area (Å²) in [5.74, 6) is 0.751. The zero-order chi connectivity index (χ0) is 20.9. The van der Waals surface area contributed by atoms with E-state index in [9.17, 15) is 9.59 Å². The van der Waals surface area contributed by atoms with Crippen LogP contribution in [0.4, 0.5) is 9.59 Å². The van der Waals surface area contributed by atoms with E-state index in [1.807, 2.05) is 52.8 Å². The lowest BCUT2D eigenvalue weighted by Crippen LogP contribution is -2.53. The van der Waals surface area contributed by atoms with E-state index in [-0.39, 0.29) is 18.1 Å². The predicted molar refractivity (Wildman–Crippen MR) is 109 cm³/mol. The van der Waals surface area contributed by atoms with Crippen molar-refractivity contribution < 1.29 is 19.1 Å². The Morgan fingerprint density at radius 3 is 2.64 bits per heavy atom. The number of alkyl carbamates (subject to hydrolysis) is 1. The Bertz CT molecular complexity index is 699. The second-order valence-electron chi connectivity index (χ2n) is 8.35. The van der Waals surface area contributed by atoms with Crippen LogP contribution in [-0.2, 0) is 4.74 Å². The van der Waals surface area contributed by atoms with E-state index >= 15 is 0 Å². The van der Waals surface area contributed by atoms with Crippen molar-refractivity contribution in [2.24, 2.45) is 0 Å². The van der Waals surface area contributed by atoms with Gasteiger partial charge >= 0.3 is 12.1 Å². The Balaban J connectivity index is 1.95. The minimum Gasteiger partial charge on any atom is -0.496 e. The number of piperidine rings is 1. The second-order valence-corrected chi connectivity index (χ2v) is 8.35. The highest BCUT2D eigenvalue weighted by Gasteiger charge is 2.27. The summed E-state index contributed by atoms with van der Waals surface area (Å²) >= 11 is 0. The van der Waals surface area contributed by atoms with E-state index in [1.54, 1.807) is 12.0 Å². The van der Waals surface area contributed by atoms with Crippen molar-refractivity contribution >= 4 is 12.1 Å². The molecular weight excluding hydrogens is 358 g/mol. The van der Waals surface area contributed by atoms with Gasteiger partial charge in [0.05, 0.1) is 13.2 Å². The SMILES string of the molecule is COc1ccc(C)cc1C(C)NC(=O)N1CCCC(NC(=O)OC(C)(C)C)C1. The molecule has 2 unspecified atom stereocenters. The molecule has 156 valence electrons. The number of nitrogens with one attached hydrogen (secondary N) is 2. The highest BCUT2D eigenvalue weighted by Crippen LogP contribution is 2.26. The van der Waals surface area contributed by atoms with Gasteiger partial charge < -0.3 is 25.0 Å². The van der Waals surface area contributed by atoms with Gasteiger partial charge in [-0.1, -0.05) is 17.7 Å². The Kier molecular flexibility index (Phi) is 7.16. The summed E-state index contributed by atoms with van der Waals surface area (Å²) in [5, 5.41) is 5.91. The van der Waals surface area contributed by atoms with E-state index in [1.165, 1.54) is 0 Å². The zero-order valence-corrected chi connectivity index (χ0v) is 17.8. The number of nitrogens with zero attached hydrogens (tertiary/aromatic N) is 1. The van der Waals surface area contributed by atoms with Crippen molar-refractivity contribution in [1.29, 1.82) is 0 Å². The Labute approximate surface area is 167 Å². The molecule has 28 heavy (non-hydrogen) atoms. The molecule has 1 aliphatic heterocycles. The molecule has 7 nitrogen and oxygen atoms in total. The van der Waals surface area contributed by atoms with Gasteiger partial charge in [0, 0.05) is 24.7 Å². The van der Waals surface area contributed by atoms with Gasteiger partial charge in [-0.2, -0.15) is 0 Å². The number of amides is 3. The average molecular weight is 392 g/mol. The number of likely N-dealkylation sites (tertiary alicyclic amines) is 1. The monoisotopic (exact) mass is 391 g/mol. The van der Waals surface area contributed by atoms with Crippen LogP contribution in [0.15, 0.2) is 18.2 Å². The van der Waals surface area contributed by atoms with Gasteiger partial charge in [-0.05, 0) is 53.5 Å². The fourth-order valence-corrected chi connectivity index (χ4v) is 3.30. The molecule has 1 aromatic rings. The fraction of sp³-hybridized carbons (Fsp3) is 0.619. The summed E-state index contributed by atoms with van der Waals surface area (Å²) in [5.41, 5.74) is 1.51. The molecule has 0 aromatic heterocycles. The van der Waals surface area contributed by atoms with Crippen molar-refractivity contribution in [3.05, 3.63) is 29.3 Å².